The summed E-state index contributed by atoms with van der Waals surface area (Å²) < 4.78 is 3.32. The lowest BCUT2D eigenvalue weighted by atomic mass is 10.1. The summed E-state index contributed by atoms with van der Waals surface area (Å²) in [7, 11) is 0. The van der Waals surface area contributed by atoms with Crippen molar-refractivity contribution in [1.29, 1.82) is 0 Å². The standard InChI is InChI=1S/C26H21ClN4O2/c1-17-11-12-22-19(13-17)24-25(26(33)30(16-28-24)14-18-7-3-2-4-8-18)31(22)15-23(32)29-21-10-6-5-9-20(21)27/h2-13,16H,14-15H2,1H3,(H,29,32). The Morgan fingerprint density at radius 2 is 1.79 bits per heavy atom. The Hall–Kier alpha value is -3.90. The number of benzene rings is 3. The molecule has 0 radical (unpaired) electrons. The van der Waals surface area contributed by atoms with Crippen LogP contribution in [0.4, 0.5) is 5.69 Å². The van der Waals surface area contributed by atoms with E-state index >= 15 is 0 Å². The number of nitrogens with zero attached hydrogens (tertiary/aromatic N) is 3. The summed E-state index contributed by atoms with van der Waals surface area (Å²) in [6.45, 7) is 2.35. The first-order valence-corrected chi connectivity index (χ1v) is 11.0. The molecule has 1 N–H and O–H groups in total. The Kier molecular flexibility index (Phi) is 5.44. The van der Waals surface area contributed by atoms with Crippen molar-refractivity contribution in [3.05, 3.63) is 106 Å². The van der Waals surface area contributed by atoms with Gasteiger partial charge in [0.25, 0.3) is 5.56 Å². The maximum atomic E-state index is 13.6. The van der Waals surface area contributed by atoms with Crippen LogP contribution in [0.15, 0.2) is 83.9 Å². The quantitative estimate of drug-likeness (QED) is 0.404. The summed E-state index contributed by atoms with van der Waals surface area (Å²) in [5.74, 6) is -0.277. The van der Waals surface area contributed by atoms with E-state index in [4.69, 9.17) is 11.6 Å². The molecular weight excluding hydrogens is 436 g/mol. The monoisotopic (exact) mass is 456 g/mol. The van der Waals surface area contributed by atoms with Crippen LogP contribution in [-0.2, 0) is 17.9 Å². The van der Waals surface area contributed by atoms with Gasteiger partial charge in [-0.15, -0.1) is 0 Å². The fourth-order valence-electron chi connectivity index (χ4n) is 4.07. The van der Waals surface area contributed by atoms with Gasteiger partial charge >= 0.3 is 0 Å². The predicted molar refractivity (Wildman–Crippen MR) is 132 cm³/mol. The van der Waals surface area contributed by atoms with Crippen LogP contribution in [0.3, 0.4) is 0 Å². The van der Waals surface area contributed by atoms with E-state index in [9.17, 15) is 9.59 Å². The number of halogens is 1. The molecule has 0 saturated carbocycles. The highest BCUT2D eigenvalue weighted by Crippen LogP contribution is 2.27. The highest BCUT2D eigenvalue weighted by atomic mass is 35.5. The number of carbonyl (C=O) groups excluding carboxylic acids is 1. The molecule has 0 fully saturated rings. The van der Waals surface area contributed by atoms with Crippen LogP contribution in [0.1, 0.15) is 11.1 Å². The molecule has 6 nitrogen and oxygen atoms in total. The van der Waals surface area contributed by atoms with E-state index in [0.717, 1.165) is 22.0 Å². The molecular formula is C26H21ClN4O2. The summed E-state index contributed by atoms with van der Waals surface area (Å²) in [5.41, 5.74) is 4.17. The van der Waals surface area contributed by atoms with Crippen molar-refractivity contribution in [3.63, 3.8) is 0 Å². The second-order valence-electron chi connectivity index (χ2n) is 8.00. The van der Waals surface area contributed by atoms with Gasteiger partial charge in [0.15, 0.2) is 0 Å². The number of fused-ring (bicyclic) bond motifs is 3. The van der Waals surface area contributed by atoms with Gasteiger partial charge in [0, 0.05) is 5.39 Å². The molecule has 0 bridgehead atoms. The third-order valence-electron chi connectivity index (χ3n) is 5.63. The molecule has 0 aliphatic heterocycles. The predicted octanol–water partition coefficient (Wildman–Crippen LogP) is 5.00. The highest BCUT2D eigenvalue weighted by molar-refractivity contribution is 6.33. The molecule has 33 heavy (non-hydrogen) atoms. The second-order valence-corrected chi connectivity index (χ2v) is 8.40. The number of aryl methyl sites for hydroxylation is 1. The van der Waals surface area contributed by atoms with Crippen molar-refractivity contribution in [1.82, 2.24) is 14.1 Å². The fraction of sp³-hybridized carbons (Fsp3) is 0.115. The van der Waals surface area contributed by atoms with Crippen molar-refractivity contribution >= 4 is 45.1 Å². The summed E-state index contributed by atoms with van der Waals surface area (Å²) >= 11 is 6.20. The molecule has 0 atom stereocenters. The van der Waals surface area contributed by atoms with Gasteiger partial charge in [-0.05, 0) is 36.8 Å². The normalized spacial score (nSPS) is 11.2. The SMILES string of the molecule is Cc1ccc2c(c1)c1ncn(Cc3ccccc3)c(=O)c1n2CC(=O)Nc1ccccc1Cl. The van der Waals surface area contributed by atoms with E-state index in [2.05, 4.69) is 10.3 Å². The van der Waals surface area contributed by atoms with Crippen molar-refractivity contribution < 1.29 is 4.79 Å². The van der Waals surface area contributed by atoms with Gasteiger partial charge in [0.2, 0.25) is 5.91 Å². The third-order valence-corrected chi connectivity index (χ3v) is 5.96. The summed E-state index contributed by atoms with van der Waals surface area (Å²) in [4.78, 5) is 31.1. The molecule has 2 heterocycles. The molecule has 5 rings (SSSR count). The number of para-hydroxylation sites is 1. The van der Waals surface area contributed by atoms with Gasteiger partial charge < -0.3 is 9.88 Å². The van der Waals surface area contributed by atoms with E-state index < -0.39 is 0 Å². The van der Waals surface area contributed by atoms with Crippen LogP contribution in [0.25, 0.3) is 21.9 Å². The summed E-state index contributed by atoms with van der Waals surface area (Å²) in [5, 5.41) is 4.14. The zero-order chi connectivity index (χ0) is 22.9. The van der Waals surface area contributed by atoms with Gasteiger partial charge in [-0.1, -0.05) is 65.7 Å². The molecule has 5 aromatic rings. The van der Waals surface area contributed by atoms with Crippen LogP contribution in [-0.4, -0.2) is 20.0 Å². The Balaban J connectivity index is 1.62. The minimum atomic E-state index is -0.277. The lowest BCUT2D eigenvalue weighted by Crippen LogP contribution is -2.25. The van der Waals surface area contributed by atoms with Gasteiger partial charge in [-0.2, -0.15) is 0 Å². The summed E-state index contributed by atoms with van der Waals surface area (Å²) in [6.07, 6.45) is 1.58. The minimum absolute atomic E-state index is 0.0411. The topological polar surface area (TPSA) is 68.9 Å². The fourth-order valence-corrected chi connectivity index (χ4v) is 4.25. The second kappa shape index (κ2) is 8.56. The summed E-state index contributed by atoms with van der Waals surface area (Å²) in [6, 6.07) is 22.7. The van der Waals surface area contributed by atoms with E-state index in [-0.39, 0.29) is 18.0 Å². The van der Waals surface area contributed by atoms with Crippen molar-refractivity contribution in [2.45, 2.75) is 20.0 Å². The van der Waals surface area contributed by atoms with E-state index in [1.807, 2.05) is 55.5 Å². The molecule has 0 unspecified atom stereocenters. The van der Waals surface area contributed by atoms with Gasteiger partial charge in [0.1, 0.15) is 17.6 Å². The van der Waals surface area contributed by atoms with E-state index in [0.29, 0.717) is 28.3 Å². The molecule has 0 aliphatic carbocycles. The Bertz CT molecular complexity index is 1550. The minimum Gasteiger partial charge on any atom is -0.325 e. The van der Waals surface area contributed by atoms with Gasteiger partial charge in [0.05, 0.1) is 29.1 Å². The van der Waals surface area contributed by atoms with Crippen LogP contribution in [0, 0.1) is 6.92 Å². The molecule has 3 aromatic carbocycles. The Labute approximate surface area is 195 Å². The van der Waals surface area contributed by atoms with Crippen LogP contribution >= 0.6 is 11.6 Å². The zero-order valence-electron chi connectivity index (χ0n) is 18.0. The van der Waals surface area contributed by atoms with E-state index in [1.54, 1.807) is 39.7 Å². The molecule has 7 heteroatoms. The average molecular weight is 457 g/mol. The zero-order valence-corrected chi connectivity index (χ0v) is 18.7. The van der Waals surface area contributed by atoms with Gasteiger partial charge in [-0.25, -0.2) is 4.98 Å². The van der Waals surface area contributed by atoms with Crippen LogP contribution in [0.5, 0.6) is 0 Å². The first-order chi connectivity index (χ1) is 16.0. The maximum absolute atomic E-state index is 13.6. The number of nitrogens with one attached hydrogen (secondary N) is 1. The third kappa shape index (κ3) is 4.01. The number of rotatable bonds is 5. The number of hydrogen-bond donors (Lipinski definition) is 1. The van der Waals surface area contributed by atoms with Gasteiger partial charge in [-0.3, -0.25) is 14.2 Å². The maximum Gasteiger partial charge on any atom is 0.278 e. The molecule has 164 valence electrons. The average Bonchev–Trinajstić information content (AvgIpc) is 3.11. The Morgan fingerprint density at radius 1 is 1.03 bits per heavy atom. The lowest BCUT2D eigenvalue weighted by molar-refractivity contribution is -0.116. The number of amides is 1. The largest absolute Gasteiger partial charge is 0.325 e. The first kappa shape index (κ1) is 21.0. The Morgan fingerprint density at radius 3 is 2.58 bits per heavy atom. The molecule has 0 saturated heterocycles. The number of hydrogen-bond acceptors (Lipinski definition) is 3. The molecule has 0 spiro atoms. The van der Waals surface area contributed by atoms with E-state index in [1.165, 1.54) is 0 Å². The van der Waals surface area contributed by atoms with Crippen molar-refractivity contribution in [3.8, 4) is 0 Å². The first-order valence-electron chi connectivity index (χ1n) is 10.6. The molecule has 0 aliphatic rings. The smallest absolute Gasteiger partial charge is 0.278 e. The number of anilines is 1. The number of aromatic nitrogens is 3. The van der Waals surface area contributed by atoms with Crippen molar-refractivity contribution in [2.24, 2.45) is 0 Å². The molecule has 2 aromatic heterocycles. The highest BCUT2D eigenvalue weighted by Gasteiger charge is 2.19. The number of carbonyl (C=O) groups is 1. The van der Waals surface area contributed by atoms with Crippen molar-refractivity contribution in [2.75, 3.05) is 5.32 Å². The van der Waals surface area contributed by atoms with Crippen LogP contribution in [0.2, 0.25) is 5.02 Å². The lowest BCUT2D eigenvalue weighted by Gasteiger charge is -2.11. The molecule has 1 amide bonds. The van der Waals surface area contributed by atoms with Crippen LogP contribution < -0.4 is 10.9 Å².